The molecule has 3 rings (SSSR count). The Labute approximate surface area is 162 Å². The van der Waals surface area contributed by atoms with Crippen molar-refractivity contribution in [2.24, 2.45) is 0 Å². The largest absolute Gasteiger partial charge is 0.490 e. The predicted molar refractivity (Wildman–Crippen MR) is 104 cm³/mol. The zero-order chi connectivity index (χ0) is 20.4. The van der Waals surface area contributed by atoms with Gasteiger partial charge in [0, 0.05) is 6.20 Å². The Balaban J connectivity index is 1.77. The molecule has 5 N–H and O–H groups in total. The molecule has 0 spiro atoms. The molecule has 152 valence electrons. The lowest BCUT2D eigenvalue weighted by atomic mass is 10.1. The summed E-state index contributed by atoms with van der Waals surface area (Å²) in [5, 5.41) is 2.17. The topological polar surface area (TPSA) is 149 Å². The molecule has 1 aliphatic rings. The SMILES string of the molecule is O=P(O)(O)C(Nc1cc(-c2ccc(OC3CCCC3)cc2)ccn1)P(=O)(O)O. The quantitative estimate of drug-likeness (QED) is 0.419. The lowest BCUT2D eigenvalue weighted by Gasteiger charge is -2.21. The molecule has 0 atom stereocenters. The van der Waals surface area contributed by atoms with E-state index in [1.165, 1.54) is 25.1 Å². The van der Waals surface area contributed by atoms with Crippen LogP contribution in [0.5, 0.6) is 5.75 Å². The van der Waals surface area contributed by atoms with Gasteiger partial charge in [0.15, 0.2) is 0 Å². The summed E-state index contributed by atoms with van der Waals surface area (Å²) >= 11 is 0. The number of anilines is 1. The summed E-state index contributed by atoms with van der Waals surface area (Å²) < 4.78 is 28.7. The normalized spacial score (nSPS) is 15.8. The first kappa shape index (κ1) is 21.0. The minimum atomic E-state index is -5.10. The molecule has 28 heavy (non-hydrogen) atoms. The van der Waals surface area contributed by atoms with Gasteiger partial charge >= 0.3 is 15.2 Å². The van der Waals surface area contributed by atoms with Crippen LogP contribution in [0.4, 0.5) is 5.82 Å². The van der Waals surface area contributed by atoms with Crippen molar-refractivity contribution >= 4 is 21.0 Å². The number of rotatable bonds is 7. The number of hydrogen-bond donors (Lipinski definition) is 5. The maximum Gasteiger partial charge on any atom is 0.360 e. The van der Waals surface area contributed by atoms with E-state index < -0.39 is 20.7 Å². The van der Waals surface area contributed by atoms with Gasteiger partial charge in [-0.15, -0.1) is 0 Å². The lowest BCUT2D eigenvalue weighted by molar-refractivity contribution is 0.210. The van der Waals surface area contributed by atoms with Crippen molar-refractivity contribution in [1.29, 1.82) is 0 Å². The summed E-state index contributed by atoms with van der Waals surface area (Å²) in [5.74, 6) is 0.714. The van der Waals surface area contributed by atoms with Crippen LogP contribution in [0.3, 0.4) is 0 Å². The summed E-state index contributed by atoms with van der Waals surface area (Å²) in [4.78, 5) is 40.8. The second-order valence-electron chi connectivity index (χ2n) is 6.67. The Morgan fingerprint density at radius 3 is 2.14 bits per heavy atom. The van der Waals surface area contributed by atoms with Gasteiger partial charge in [-0.3, -0.25) is 9.13 Å². The van der Waals surface area contributed by atoms with Gasteiger partial charge in [-0.1, -0.05) is 12.1 Å². The molecule has 2 aromatic rings. The summed E-state index contributed by atoms with van der Waals surface area (Å²) in [6.45, 7) is 0. The molecule has 1 aromatic carbocycles. The van der Waals surface area contributed by atoms with Gasteiger partial charge in [0.2, 0.25) is 5.52 Å². The molecule has 9 nitrogen and oxygen atoms in total. The second-order valence-corrected chi connectivity index (χ2v) is 10.5. The van der Waals surface area contributed by atoms with Gasteiger partial charge < -0.3 is 29.6 Å². The van der Waals surface area contributed by atoms with Crippen molar-refractivity contribution < 1.29 is 33.4 Å². The molecule has 0 unspecified atom stereocenters. The van der Waals surface area contributed by atoms with Crippen LogP contribution >= 0.6 is 15.2 Å². The van der Waals surface area contributed by atoms with Crippen LogP contribution < -0.4 is 10.1 Å². The standard InChI is InChI=1S/C17H22N2O7P2/c20-27(21,22)17(28(23,24)25)19-16-11-13(9-10-18-16)12-5-7-15(8-6-12)26-14-3-1-2-4-14/h5-11,14,17H,1-4H2,(H,18,19)(H2,20,21,22)(H2,23,24,25). The monoisotopic (exact) mass is 428 g/mol. The van der Waals surface area contributed by atoms with E-state index in [0.29, 0.717) is 5.56 Å². The van der Waals surface area contributed by atoms with E-state index in [4.69, 9.17) is 4.74 Å². The molecule has 0 saturated heterocycles. The van der Waals surface area contributed by atoms with Crippen LogP contribution in [0, 0.1) is 0 Å². The number of benzene rings is 1. The third-order valence-electron chi connectivity index (χ3n) is 4.47. The van der Waals surface area contributed by atoms with Crippen LogP contribution in [-0.2, 0) is 9.13 Å². The molecule has 0 bridgehead atoms. The first-order chi connectivity index (χ1) is 13.1. The summed E-state index contributed by atoms with van der Waals surface area (Å²) in [6, 6.07) is 10.5. The highest BCUT2D eigenvalue weighted by atomic mass is 31.2. The third-order valence-corrected chi connectivity index (χ3v) is 7.80. The smallest absolute Gasteiger partial charge is 0.360 e. The number of pyridine rings is 1. The van der Waals surface area contributed by atoms with Crippen molar-refractivity contribution in [2.75, 3.05) is 5.32 Å². The highest BCUT2D eigenvalue weighted by molar-refractivity contribution is 7.71. The van der Waals surface area contributed by atoms with Gasteiger partial charge in [0.05, 0.1) is 6.10 Å². The Bertz CT molecular complexity index is 882. The van der Waals surface area contributed by atoms with E-state index in [9.17, 15) is 28.7 Å². The van der Waals surface area contributed by atoms with E-state index in [0.717, 1.165) is 24.2 Å². The molecular weight excluding hydrogens is 406 g/mol. The van der Waals surface area contributed by atoms with E-state index in [-0.39, 0.29) is 11.9 Å². The number of nitrogens with zero attached hydrogens (tertiary/aromatic N) is 1. The fourth-order valence-electron chi connectivity index (χ4n) is 3.11. The van der Waals surface area contributed by atoms with Gasteiger partial charge in [-0.05, 0) is 61.1 Å². The molecule has 1 heterocycles. The number of nitrogens with one attached hydrogen (secondary N) is 1. The molecule has 0 amide bonds. The van der Waals surface area contributed by atoms with Crippen molar-refractivity contribution in [3.63, 3.8) is 0 Å². The fraction of sp³-hybridized carbons (Fsp3) is 0.353. The molecule has 11 heteroatoms. The van der Waals surface area contributed by atoms with Gasteiger partial charge in [0.25, 0.3) is 0 Å². The van der Waals surface area contributed by atoms with Crippen LogP contribution in [0.25, 0.3) is 11.1 Å². The predicted octanol–water partition coefficient (Wildman–Crippen LogP) is 3.12. The van der Waals surface area contributed by atoms with Crippen molar-refractivity contribution in [1.82, 2.24) is 4.98 Å². The van der Waals surface area contributed by atoms with E-state index in [2.05, 4.69) is 10.3 Å². The van der Waals surface area contributed by atoms with E-state index in [1.54, 1.807) is 6.07 Å². The van der Waals surface area contributed by atoms with Gasteiger partial charge in [-0.25, -0.2) is 4.98 Å². The highest BCUT2D eigenvalue weighted by Crippen LogP contribution is 2.59. The molecule has 1 aliphatic carbocycles. The van der Waals surface area contributed by atoms with E-state index in [1.807, 2.05) is 24.3 Å². The minimum absolute atomic E-state index is 0.0552. The first-order valence-electron chi connectivity index (χ1n) is 8.73. The highest BCUT2D eigenvalue weighted by Gasteiger charge is 2.43. The summed E-state index contributed by atoms with van der Waals surface area (Å²) in [6.07, 6.45) is 6.11. The first-order valence-corrected chi connectivity index (χ1v) is 12.1. The van der Waals surface area contributed by atoms with Crippen LogP contribution in [0.15, 0.2) is 42.6 Å². The summed E-state index contributed by atoms with van der Waals surface area (Å²) in [7, 11) is -10.2. The Morgan fingerprint density at radius 1 is 0.964 bits per heavy atom. The van der Waals surface area contributed by atoms with Crippen molar-refractivity contribution in [3.8, 4) is 16.9 Å². The van der Waals surface area contributed by atoms with Gasteiger partial charge in [0.1, 0.15) is 11.6 Å². The van der Waals surface area contributed by atoms with Crippen LogP contribution in [0.2, 0.25) is 0 Å². The maximum absolute atomic E-state index is 11.4. The number of ether oxygens (including phenoxy) is 1. The molecule has 1 fully saturated rings. The average Bonchev–Trinajstić information content (AvgIpc) is 3.12. The van der Waals surface area contributed by atoms with Gasteiger partial charge in [-0.2, -0.15) is 0 Å². The Kier molecular flexibility index (Phi) is 6.25. The van der Waals surface area contributed by atoms with Crippen molar-refractivity contribution in [3.05, 3.63) is 42.6 Å². The fourth-order valence-corrected chi connectivity index (χ4v) is 5.28. The Hall–Kier alpha value is -1.73. The third kappa shape index (κ3) is 5.41. The number of aromatic nitrogens is 1. The van der Waals surface area contributed by atoms with Crippen LogP contribution in [-0.4, -0.2) is 36.2 Å². The molecule has 0 radical (unpaired) electrons. The molecule has 1 aromatic heterocycles. The van der Waals surface area contributed by atoms with Crippen LogP contribution in [0.1, 0.15) is 25.7 Å². The zero-order valence-corrected chi connectivity index (χ0v) is 16.7. The number of hydrogen-bond acceptors (Lipinski definition) is 5. The summed E-state index contributed by atoms with van der Waals surface area (Å²) in [5.41, 5.74) is -0.891. The molecular formula is C17H22N2O7P2. The van der Waals surface area contributed by atoms with Crippen molar-refractivity contribution in [2.45, 2.75) is 37.3 Å². The molecule has 0 aliphatic heterocycles. The Morgan fingerprint density at radius 2 is 1.57 bits per heavy atom. The zero-order valence-electron chi connectivity index (χ0n) is 14.9. The lowest BCUT2D eigenvalue weighted by Crippen LogP contribution is -2.20. The van der Waals surface area contributed by atoms with E-state index >= 15 is 0 Å². The molecule has 1 saturated carbocycles. The maximum atomic E-state index is 11.4. The second kappa shape index (κ2) is 8.33. The average molecular weight is 428 g/mol. The minimum Gasteiger partial charge on any atom is -0.490 e.